The Morgan fingerprint density at radius 3 is 2.08 bits per heavy atom. The van der Waals surface area contributed by atoms with Crippen molar-refractivity contribution in [1.82, 2.24) is 9.47 Å². The molecule has 0 saturated heterocycles. The molecule has 3 aromatic rings. The molecule has 0 amide bonds. The van der Waals surface area contributed by atoms with E-state index in [1.807, 2.05) is 32.8 Å². The highest BCUT2D eigenvalue weighted by Crippen LogP contribution is 2.43. The number of carbonyl (C=O) groups is 2. The van der Waals surface area contributed by atoms with Crippen LogP contribution < -0.4 is 5.56 Å². The molecule has 0 aliphatic carbocycles. The molecule has 11 heteroatoms. The van der Waals surface area contributed by atoms with Gasteiger partial charge in [-0.2, -0.15) is 13.2 Å². The van der Waals surface area contributed by atoms with Crippen molar-refractivity contribution in [1.29, 1.82) is 0 Å². The smallest absolute Gasteiger partial charge is 0.419 e. The van der Waals surface area contributed by atoms with Gasteiger partial charge in [0.15, 0.2) is 5.78 Å². The maximum Gasteiger partial charge on any atom is 0.419 e. The van der Waals surface area contributed by atoms with E-state index in [1.54, 1.807) is 46.0 Å². The molecule has 0 spiro atoms. The summed E-state index contributed by atoms with van der Waals surface area (Å²) in [6.45, 7) is 12.7. The molecule has 0 aliphatic rings. The molecule has 0 radical (unpaired) electrons. The zero-order chi connectivity index (χ0) is 37.7. The Kier molecular flexibility index (Phi) is 13.7. The van der Waals surface area contributed by atoms with Crippen LogP contribution in [0.5, 0.6) is 0 Å². The first kappa shape index (κ1) is 40.6. The molecular formula is C39H49F5N2O4. The number of aryl methyl sites for hydroxylation is 5. The number of rotatable bonds is 15. The lowest BCUT2D eigenvalue weighted by atomic mass is 9.82. The monoisotopic (exact) mass is 704 g/mol. The van der Waals surface area contributed by atoms with Crippen molar-refractivity contribution in [2.45, 2.75) is 98.7 Å². The number of alkyl halides is 3. The van der Waals surface area contributed by atoms with E-state index in [4.69, 9.17) is 4.74 Å². The van der Waals surface area contributed by atoms with Gasteiger partial charge in [0.2, 0.25) is 0 Å². The molecule has 0 aliphatic heterocycles. The van der Waals surface area contributed by atoms with Gasteiger partial charge in [-0.1, -0.05) is 31.5 Å². The first-order chi connectivity index (χ1) is 23.3. The average molecular weight is 705 g/mol. The fourth-order valence-corrected chi connectivity index (χ4v) is 6.71. The van der Waals surface area contributed by atoms with Crippen molar-refractivity contribution in [2.24, 2.45) is 5.92 Å². The predicted octanol–water partition coefficient (Wildman–Crippen LogP) is 8.82. The lowest BCUT2D eigenvalue weighted by molar-refractivity contribution is -0.143. The van der Waals surface area contributed by atoms with E-state index < -0.39 is 76.6 Å². The van der Waals surface area contributed by atoms with Gasteiger partial charge in [-0.25, -0.2) is 8.78 Å². The number of ether oxygens (including phenoxy) is 1. The van der Waals surface area contributed by atoms with Gasteiger partial charge >= 0.3 is 12.1 Å². The van der Waals surface area contributed by atoms with Gasteiger partial charge in [0, 0.05) is 35.7 Å². The minimum absolute atomic E-state index is 0.0919. The number of ketones is 1. The summed E-state index contributed by atoms with van der Waals surface area (Å²) < 4.78 is 82.4. The molecule has 2 atom stereocenters. The lowest BCUT2D eigenvalue weighted by Crippen LogP contribution is -2.32. The van der Waals surface area contributed by atoms with Crippen LogP contribution in [0, 0.1) is 45.2 Å². The number of carbonyl (C=O) groups excluding carboxylic acids is 2. The number of aromatic nitrogens is 1. The number of esters is 1. The van der Waals surface area contributed by atoms with Crippen LogP contribution >= 0.6 is 0 Å². The molecule has 1 unspecified atom stereocenters. The van der Waals surface area contributed by atoms with Gasteiger partial charge < -0.3 is 14.2 Å². The third-order valence-electron chi connectivity index (χ3n) is 8.91. The van der Waals surface area contributed by atoms with Crippen molar-refractivity contribution in [3.63, 3.8) is 0 Å². The van der Waals surface area contributed by atoms with Gasteiger partial charge in [0.25, 0.3) is 5.56 Å². The summed E-state index contributed by atoms with van der Waals surface area (Å²) in [6.07, 6.45) is -3.48. The fraction of sp³-hybridized carbons (Fsp3) is 0.513. The van der Waals surface area contributed by atoms with E-state index in [0.29, 0.717) is 23.6 Å². The summed E-state index contributed by atoms with van der Waals surface area (Å²) in [5, 5.41) is 0. The van der Waals surface area contributed by atoms with Crippen molar-refractivity contribution < 1.29 is 36.3 Å². The molecule has 0 N–H and O–H groups in total. The fourth-order valence-electron chi connectivity index (χ4n) is 6.71. The first-order valence-corrected chi connectivity index (χ1v) is 17.0. The van der Waals surface area contributed by atoms with Gasteiger partial charge in [0.1, 0.15) is 11.6 Å². The lowest BCUT2D eigenvalue weighted by Gasteiger charge is -2.26. The molecule has 2 aromatic carbocycles. The predicted molar refractivity (Wildman–Crippen MR) is 185 cm³/mol. The molecule has 50 heavy (non-hydrogen) atoms. The van der Waals surface area contributed by atoms with Crippen LogP contribution in [0.2, 0.25) is 0 Å². The van der Waals surface area contributed by atoms with Crippen LogP contribution in [-0.2, 0) is 26.9 Å². The summed E-state index contributed by atoms with van der Waals surface area (Å²) in [5.74, 6) is -6.52. The van der Waals surface area contributed by atoms with Crippen LogP contribution in [0.1, 0.15) is 97.4 Å². The van der Waals surface area contributed by atoms with Gasteiger partial charge in [0.05, 0.1) is 24.6 Å². The normalized spacial score (nSPS) is 13.2. The van der Waals surface area contributed by atoms with Crippen LogP contribution in [-0.4, -0.2) is 48.5 Å². The Balaban J connectivity index is 2.26. The third kappa shape index (κ3) is 9.89. The number of Topliss-reactive ketones (excluding diaryl/α,β-unsaturated/α-hetero) is 1. The summed E-state index contributed by atoms with van der Waals surface area (Å²) in [5.41, 5.74) is -0.152. The van der Waals surface area contributed by atoms with Crippen molar-refractivity contribution >= 4 is 11.8 Å². The van der Waals surface area contributed by atoms with E-state index >= 15 is 8.78 Å². The molecule has 0 saturated carbocycles. The zero-order valence-corrected chi connectivity index (χ0v) is 30.5. The van der Waals surface area contributed by atoms with E-state index in [9.17, 15) is 27.6 Å². The molecular weight excluding hydrogens is 655 g/mol. The quantitative estimate of drug-likeness (QED) is 0.117. The van der Waals surface area contributed by atoms with Crippen LogP contribution in [0.4, 0.5) is 22.0 Å². The molecule has 6 nitrogen and oxygen atoms in total. The summed E-state index contributed by atoms with van der Waals surface area (Å²) >= 11 is 0. The highest BCUT2D eigenvalue weighted by Gasteiger charge is 2.40. The van der Waals surface area contributed by atoms with Crippen molar-refractivity contribution in [2.75, 3.05) is 27.2 Å². The minimum atomic E-state index is -5.22. The Labute approximate surface area is 291 Å². The zero-order valence-electron chi connectivity index (χ0n) is 30.5. The Morgan fingerprint density at radius 1 is 0.920 bits per heavy atom. The summed E-state index contributed by atoms with van der Waals surface area (Å²) in [7, 11) is 3.89. The van der Waals surface area contributed by atoms with Gasteiger partial charge in [-0.05, 0) is 114 Å². The molecule has 0 bridgehead atoms. The maximum absolute atomic E-state index is 16.7. The SMILES string of the molecule is CCOC(=O)C[C@H](CC(=O)C(CC(C)C)n1cc(CCCN(C)C)c(C)cc1=O)c1c(F)c(-c2c(C)cc(C)cc2C)cc(C(F)(F)F)c1F. The molecule has 3 rings (SSSR count). The molecule has 0 fully saturated rings. The van der Waals surface area contributed by atoms with Crippen LogP contribution in [0.3, 0.4) is 0 Å². The molecule has 274 valence electrons. The van der Waals surface area contributed by atoms with Gasteiger partial charge in [-0.3, -0.25) is 14.4 Å². The Morgan fingerprint density at radius 2 is 1.54 bits per heavy atom. The minimum Gasteiger partial charge on any atom is -0.466 e. The van der Waals surface area contributed by atoms with Crippen molar-refractivity contribution in [3.8, 4) is 11.1 Å². The highest BCUT2D eigenvalue weighted by molar-refractivity contribution is 5.85. The maximum atomic E-state index is 16.7. The van der Waals surface area contributed by atoms with E-state index in [0.717, 1.165) is 29.7 Å². The highest BCUT2D eigenvalue weighted by atomic mass is 19.4. The van der Waals surface area contributed by atoms with Gasteiger partial charge in [-0.15, -0.1) is 0 Å². The standard InChI is InChI=1S/C39H49F5N2O4/c1-10-50-34(49)19-28(18-32(47)31(14-22(2)3)46-21-27(12-11-13-45(8)9)24(5)17-33(46)48)36-37(40)29(20-30(38(36)41)39(42,43)44)35-25(6)15-23(4)16-26(35)7/h15-17,20-22,28,31H,10-14,18-19H2,1-9H3/t28-,31?/m0/s1. The number of hydrogen-bond donors (Lipinski definition) is 0. The number of pyridine rings is 1. The number of halogens is 5. The topological polar surface area (TPSA) is 68.6 Å². The second-order valence-corrected chi connectivity index (χ2v) is 13.9. The van der Waals surface area contributed by atoms with Crippen molar-refractivity contribution in [3.05, 3.63) is 91.4 Å². The first-order valence-electron chi connectivity index (χ1n) is 17.0. The average Bonchev–Trinajstić information content (AvgIpc) is 2.97. The number of hydrogen-bond acceptors (Lipinski definition) is 5. The largest absolute Gasteiger partial charge is 0.466 e. The Bertz CT molecular complexity index is 1740. The second-order valence-electron chi connectivity index (χ2n) is 13.9. The number of nitrogens with zero attached hydrogens (tertiary/aromatic N) is 2. The molecule has 1 heterocycles. The second kappa shape index (κ2) is 16.9. The third-order valence-corrected chi connectivity index (χ3v) is 8.91. The van der Waals surface area contributed by atoms with E-state index in [1.165, 1.54) is 17.6 Å². The van der Waals surface area contributed by atoms with Crippen LogP contribution in [0.15, 0.2) is 35.3 Å². The summed E-state index contributed by atoms with van der Waals surface area (Å²) in [4.78, 5) is 42.5. The Hall–Kier alpha value is -3.86. The number of benzene rings is 2. The van der Waals surface area contributed by atoms with E-state index in [-0.39, 0.29) is 24.5 Å². The molecule has 1 aromatic heterocycles. The van der Waals surface area contributed by atoms with Crippen LogP contribution in [0.25, 0.3) is 11.1 Å². The van der Waals surface area contributed by atoms with E-state index in [2.05, 4.69) is 0 Å². The summed E-state index contributed by atoms with van der Waals surface area (Å²) in [6, 6.07) is 4.16.